The van der Waals surface area contributed by atoms with Gasteiger partial charge >= 0.3 is 0 Å². The summed E-state index contributed by atoms with van der Waals surface area (Å²) >= 11 is 0. The summed E-state index contributed by atoms with van der Waals surface area (Å²) < 4.78 is 22.6. The Labute approximate surface area is 191 Å². The van der Waals surface area contributed by atoms with Gasteiger partial charge in [0, 0.05) is 35.5 Å². The topological polar surface area (TPSA) is 147 Å². The van der Waals surface area contributed by atoms with E-state index in [1.807, 2.05) is 6.07 Å². The van der Waals surface area contributed by atoms with Crippen molar-refractivity contribution in [2.45, 2.75) is 4.90 Å². The van der Waals surface area contributed by atoms with Gasteiger partial charge in [0.05, 0.1) is 4.90 Å². The Morgan fingerprint density at radius 3 is 1.61 bits per heavy atom. The number of nitrogens with two attached hydrogens (primary N) is 1. The van der Waals surface area contributed by atoms with Gasteiger partial charge in [-0.2, -0.15) is 0 Å². The number of sulfonamides is 1. The number of rotatable bonds is 8. The van der Waals surface area contributed by atoms with E-state index in [4.69, 9.17) is 5.14 Å². The minimum atomic E-state index is -3.83. The number of anilines is 1. The fourth-order valence-corrected chi connectivity index (χ4v) is 3.37. The molecule has 3 aromatic rings. The minimum Gasteiger partial charge on any atom is -0.350 e. The van der Waals surface area contributed by atoms with E-state index >= 15 is 0 Å². The van der Waals surface area contributed by atoms with Gasteiger partial charge in [0.25, 0.3) is 17.7 Å². The first-order valence-corrected chi connectivity index (χ1v) is 11.4. The number of amides is 3. The predicted molar refractivity (Wildman–Crippen MR) is 123 cm³/mol. The zero-order valence-corrected chi connectivity index (χ0v) is 18.3. The van der Waals surface area contributed by atoms with Crippen LogP contribution in [0.5, 0.6) is 0 Å². The third kappa shape index (κ3) is 6.73. The Bertz CT molecular complexity index is 1240. The molecule has 0 saturated carbocycles. The molecule has 0 unspecified atom stereocenters. The van der Waals surface area contributed by atoms with E-state index in [1.165, 1.54) is 24.3 Å². The van der Waals surface area contributed by atoms with Crippen LogP contribution >= 0.6 is 0 Å². The molecule has 0 aliphatic carbocycles. The summed E-state index contributed by atoms with van der Waals surface area (Å²) in [6.45, 7) is 0.530. The van der Waals surface area contributed by atoms with Crippen molar-refractivity contribution in [1.29, 1.82) is 0 Å². The van der Waals surface area contributed by atoms with Gasteiger partial charge < -0.3 is 16.0 Å². The highest BCUT2D eigenvalue weighted by atomic mass is 32.2. The lowest BCUT2D eigenvalue weighted by Crippen LogP contribution is -2.34. The number of benzene rings is 3. The van der Waals surface area contributed by atoms with Gasteiger partial charge in [-0.25, -0.2) is 13.6 Å². The molecular formula is C23H22N4O5S. The maximum atomic E-state index is 12.3. The van der Waals surface area contributed by atoms with Gasteiger partial charge in [-0.15, -0.1) is 0 Å². The number of carbonyl (C=O) groups excluding carboxylic acids is 3. The van der Waals surface area contributed by atoms with Gasteiger partial charge in [-0.3, -0.25) is 14.4 Å². The van der Waals surface area contributed by atoms with Gasteiger partial charge in [0.2, 0.25) is 10.0 Å². The molecule has 3 rings (SSSR count). The highest BCUT2D eigenvalue weighted by Gasteiger charge is 2.11. The molecule has 0 heterocycles. The second-order valence-electron chi connectivity index (χ2n) is 6.98. The number of hydrogen-bond acceptors (Lipinski definition) is 5. The molecule has 9 nitrogen and oxygen atoms in total. The molecule has 0 atom stereocenters. The van der Waals surface area contributed by atoms with Crippen LogP contribution in [0.15, 0.2) is 83.8 Å². The van der Waals surface area contributed by atoms with Gasteiger partial charge in [-0.05, 0) is 60.7 Å². The molecule has 0 spiro atoms. The van der Waals surface area contributed by atoms with Crippen LogP contribution in [0.2, 0.25) is 0 Å². The predicted octanol–water partition coefficient (Wildman–Crippen LogP) is 1.75. The quantitative estimate of drug-likeness (QED) is 0.373. The SMILES string of the molecule is NS(=O)(=O)c1ccc(C(=O)Nc2ccc(C(=O)NCCNC(=O)c3ccccc3)cc2)cc1. The Morgan fingerprint density at radius 2 is 1.09 bits per heavy atom. The second kappa shape index (κ2) is 10.5. The summed E-state index contributed by atoms with van der Waals surface area (Å²) in [5.41, 5.74) is 1.64. The summed E-state index contributed by atoms with van der Waals surface area (Å²) in [7, 11) is -3.83. The van der Waals surface area contributed by atoms with Crippen LogP contribution in [0, 0.1) is 0 Å². The number of primary sulfonamides is 1. The molecule has 33 heavy (non-hydrogen) atoms. The van der Waals surface area contributed by atoms with Crippen molar-refractivity contribution in [1.82, 2.24) is 10.6 Å². The molecule has 3 amide bonds. The maximum Gasteiger partial charge on any atom is 0.255 e. The molecule has 0 bridgehead atoms. The Kier molecular flexibility index (Phi) is 7.54. The van der Waals surface area contributed by atoms with Crippen LogP contribution in [0.4, 0.5) is 5.69 Å². The first kappa shape index (κ1) is 23.6. The summed E-state index contributed by atoms with van der Waals surface area (Å²) in [5, 5.41) is 13.1. The average molecular weight is 467 g/mol. The number of carbonyl (C=O) groups is 3. The summed E-state index contributed by atoms with van der Waals surface area (Å²) in [4.78, 5) is 36.4. The molecule has 10 heteroatoms. The van der Waals surface area contributed by atoms with Crippen molar-refractivity contribution in [3.8, 4) is 0 Å². The smallest absolute Gasteiger partial charge is 0.255 e. The van der Waals surface area contributed by atoms with E-state index in [9.17, 15) is 22.8 Å². The Morgan fingerprint density at radius 1 is 0.636 bits per heavy atom. The molecule has 0 aliphatic rings. The summed E-state index contributed by atoms with van der Waals surface area (Å²) in [5.74, 6) is -0.980. The molecule has 0 fully saturated rings. The van der Waals surface area contributed by atoms with E-state index < -0.39 is 15.9 Å². The van der Waals surface area contributed by atoms with Crippen molar-refractivity contribution in [2.24, 2.45) is 5.14 Å². The van der Waals surface area contributed by atoms with E-state index in [1.54, 1.807) is 48.5 Å². The highest BCUT2D eigenvalue weighted by molar-refractivity contribution is 7.89. The molecule has 3 aromatic carbocycles. The average Bonchev–Trinajstić information content (AvgIpc) is 2.82. The molecule has 5 N–H and O–H groups in total. The molecule has 0 radical (unpaired) electrons. The molecular weight excluding hydrogens is 444 g/mol. The van der Waals surface area contributed by atoms with Crippen molar-refractivity contribution in [2.75, 3.05) is 18.4 Å². The van der Waals surface area contributed by atoms with E-state index in [0.29, 0.717) is 16.8 Å². The summed E-state index contributed by atoms with van der Waals surface area (Å²) in [6, 6.07) is 20.2. The van der Waals surface area contributed by atoms with E-state index in [-0.39, 0.29) is 35.4 Å². The van der Waals surface area contributed by atoms with Crippen molar-refractivity contribution in [3.63, 3.8) is 0 Å². The van der Waals surface area contributed by atoms with E-state index in [0.717, 1.165) is 0 Å². The first-order valence-electron chi connectivity index (χ1n) is 9.90. The fraction of sp³-hybridized carbons (Fsp3) is 0.0870. The standard InChI is InChI=1S/C23H22N4O5S/c24-33(31,32)20-12-8-18(9-13-20)23(30)27-19-10-6-17(7-11-19)22(29)26-15-14-25-21(28)16-4-2-1-3-5-16/h1-13H,14-15H2,(H,25,28)(H,26,29)(H,27,30)(H2,24,31,32). The van der Waals surface area contributed by atoms with Crippen LogP contribution in [0.3, 0.4) is 0 Å². The van der Waals surface area contributed by atoms with Crippen LogP contribution < -0.4 is 21.1 Å². The lowest BCUT2D eigenvalue weighted by Gasteiger charge is -2.09. The van der Waals surface area contributed by atoms with Crippen LogP contribution in [0.25, 0.3) is 0 Å². The van der Waals surface area contributed by atoms with Crippen LogP contribution in [-0.2, 0) is 10.0 Å². The molecule has 0 aliphatic heterocycles. The van der Waals surface area contributed by atoms with Crippen LogP contribution in [0.1, 0.15) is 31.1 Å². The van der Waals surface area contributed by atoms with Gasteiger partial charge in [0.15, 0.2) is 0 Å². The monoisotopic (exact) mass is 466 g/mol. The Balaban J connectivity index is 1.47. The molecule has 170 valence electrons. The molecule has 0 saturated heterocycles. The zero-order valence-electron chi connectivity index (χ0n) is 17.4. The summed E-state index contributed by atoms with van der Waals surface area (Å²) in [6.07, 6.45) is 0. The third-order valence-electron chi connectivity index (χ3n) is 4.58. The Hall–Kier alpha value is -4.02. The zero-order chi connectivity index (χ0) is 23.8. The van der Waals surface area contributed by atoms with Crippen LogP contribution in [-0.4, -0.2) is 39.2 Å². The lowest BCUT2D eigenvalue weighted by molar-refractivity contribution is 0.0927. The van der Waals surface area contributed by atoms with E-state index in [2.05, 4.69) is 16.0 Å². The number of hydrogen-bond donors (Lipinski definition) is 4. The maximum absolute atomic E-state index is 12.3. The lowest BCUT2D eigenvalue weighted by atomic mass is 10.1. The van der Waals surface area contributed by atoms with Gasteiger partial charge in [-0.1, -0.05) is 18.2 Å². The van der Waals surface area contributed by atoms with Crippen molar-refractivity contribution in [3.05, 3.63) is 95.6 Å². The first-order chi connectivity index (χ1) is 15.7. The minimum absolute atomic E-state index is 0.0888. The van der Waals surface area contributed by atoms with Crippen molar-refractivity contribution < 1.29 is 22.8 Å². The fourth-order valence-electron chi connectivity index (χ4n) is 2.85. The molecule has 0 aromatic heterocycles. The second-order valence-corrected chi connectivity index (χ2v) is 8.54. The highest BCUT2D eigenvalue weighted by Crippen LogP contribution is 2.13. The number of nitrogens with one attached hydrogen (secondary N) is 3. The van der Waals surface area contributed by atoms with Crippen molar-refractivity contribution >= 4 is 33.4 Å². The third-order valence-corrected chi connectivity index (χ3v) is 5.51. The van der Waals surface area contributed by atoms with Gasteiger partial charge in [0.1, 0.15) is 0 Å². The normalized spacial score (nSPS) is 10.8. The largest absolute Gasteiger partial charge is 0.350 e.